The summed E-state index contributed by atoms with van der Waals surface area (Å²) in [5.41, 5.74) is -0.226. The first-order chi connectivity index (χ1) is 18.7. The van der Waals surface area contributed by atoms with Gasteiger partial charge >= 0.3 is 0 Å². The zero-order valence-electron chi connectivity index (χ0n) is 24.1. The average Bonchev–Trinajstić information content (AvgIpc) is 2.93. The van der Waals surface area contributed by atoms with Crippen LogP contribution in [0.4, 0.5) is 11.4 Å². The number of benzene rings is 1. The van der Waals surface area contributed by atoms with Crippen LogP contribution in [0.25, 0.3) is 0 Å². The number of carbonyl (C=O) groups is 1. The number of azo groups is 1. The number of pyridine rings is 1. The molecule has 3 N–H and O–H groups in total. The summed E-state index contributed by atoms with van der Waals surface area (Å²) in [6.45, 7) is 11.6. The van der Waals surface area contributed by atoms with Gasteiger partial charge in [-0.2, -0.15) is 9.94 Å². The second-order valence-corrected chi connectivity index (χ2v) is 10.4. The van der Waals surface area contributed by atoms with E-state index in [2.05, 4.69) is 37.9 Å². The normalized spacial score (nSPS) is 12.8. The molecule has 1 heterocycles. The van der Waals surface area contributed by atoms with E-state index in [1.54, 1.807) is 24.3 Å². The van der Waals surface area contributed by atoms with Gasteiger partial charge in [0.2, 0.25) is 5.88 Å². The summed E-state index contributed by atoms with van der Waals surface area (Å²) < 4.78 is 0.472. The summed E-state index contributed by atoms with van der Waals surface area (Å²) in [6.07, 6.45) is 8.89. The van der Waals surface area contributed by atoms with Crippen LogP contribution in [0.2, 0.25) is 0 Å². The van der Waals surface area contributed by atoms with E-state index >= 15 is 0 Å². The molecule has 1 amide bonds. The SMILES string of the molecule is CCCCCC(C)CN(CC(CC)CCCC)C(=O)c1ccccc1N=Nc1c(C)c(C#N)c(O)n(N)c1=O. The van der Waals surface area contributed by atoms with E-state index in [1.165, 1.54) is 13.3 Å². The lowest BCUT2D eigenvalue weighted by molar-refractivity contribution is 0.0693. The van der Waals surface area contributed by atoms with Crippen molar-refractivity contribution in [3.63, 3.8) is 0 Å². The maximum atomic E-state index is 14.0. The topological polar surface area (TPSA) is 137 Å². The van der Waals surface area contributed by atoms with Crippen LogP contribution in [0.5, 0.6) is 5.88 Å². The number of amides is 1. The number of aromatic hydroxyl groups is 1. The predicted octanol–water partition coefficient (Wildman–Crippen LogP) is 6.74. The van der Waals surface area contributed by atoms with Gasteiger partial charge in [0, 0.05) is 18.7 Å². The fourth-order valence-corrected chi connectivity index (χ4v) is 4.72. The number of carbonyl (C=O) groups excluding carboxylic acids is 1. The highest BCUT2D eigenvalue weighted by Crippen LogP contribution is 2.28. The predicted molar refractivity (Wildman–Crippen MR) is 155 cm³/mol. The van der Waals surface area contributed by atoms with Crippen molar-refractivity contribution in [3.8, 4) is 11.9 Å². The highest BCUT2D eigenvalue weighted by Gasteiger charge is 2.24. The van der Waals surface area contributed by atoms with Gasteiger partial charge in [-0.3, -0.25) is 9.59 Å². The molecule has 1 aromatic carbocycles. The zero-order chi connectivity index (χ0) is 28.9. The van der Waals surface area contributed by atoms with E-state index in [-0.39, 0.29) is 22.7 Å². The van der Waals surface area contributed by atoms with Gasteiger partial charge in [-0.05, 0) is 43.7 Å². The molecule has 0 aliphatic heterocycles. The Balaban J connectivity index is 2.44. The second kappa shape index (κ2) is 15.7. The van der Waals surface area contributed by atoms with Crippen molar-refractivity contribution in [2.75, 3.05) is 18.9 Å². The average molecular weight is 537 g/mol. The van der Waals surface area contributed by atoms with Crippen LogP contribution in [-0.4, -0.2) is 33.7 Å². The lowest BCUT2D eigenvalue weighted by atomic mass is 9.96. The molecule has 0 bridgehead atoms. The Morgan fingerprint density at radius 3 is 2.44 bits per heavy atom. The van der Waals surface area contributed by atoms with Crippen LogP contribution in [0.3, 0.4) is 0 Å². The summed E-state index contributed by atoms with van der Waals surface area (Å²) >= 11 is 0. The minimum absolute atomic E-state index is 0.113. The Morgan fingerprint density at radius 2 is 1.79 bits per heavy atom. The molecule has 2 atom stereocenters. The summed E-state index contributed by atoms with van der Waals surface area (Å²) in [7, 11) is 0. The molecule has 1 aromatic heterocycles. The number of aromatic nitrogens is 1. The molecule has 0 aliphatic carbocycles. The lowest BCUT2D eigenvalue weighted by Crippen LogP contribution is -2.38. The van der Waals surface area contributed by atoms with Gasteiger partial charge in [-0.15, -0.1) is 10.2 Å². The maximum absolute atomic E-state index is 14.0. The van der Waals surface area contributed by atoms with Crippen molar-refractivity contribution in [2.45, 2.75) is 86.0 Å². The molecule has 0 saturated carbocycles. The van der Waals surface area contributed by atoms with Crippen molar-refractivity contribution >= 4 is 17.3 Å². The quantitative estimate of drug-likeness (QED) is 0.147. The number of nitriles is 1. The number of nitrogens with two attached hydrogens (primary N) is 1. The molecule has 0 radical (unpaired) electrons. The van der Waals surface area contributed by atoms with Crippen LogP contribution >= 0.6 is 0 Å². The van der Waals surface area contributed by atoms with E-state index in [1.807, 2.05) is 11.0 Å². The summed E-state index contributed by atoms with van der Waals surface area (Å²) in [5, 5.41) is 27.8. The summed E-state index contributed by atoms with van der Waals surface area (Å²) in [5.74, 6) is 5.67. The molecule has 39 heavy (non-hydrogen) atoms. The highest BCUT2D eigenvalue weighted by atomic mass is 16.3. The van der Waals surface area contributed by atoms with Crippen molar-refractivity contribution in [1.82, 2.24) is 9.58 Å². The number of rotatable bonds is 15. The molecule has 2 rings (SSSR count). The van der Waals surface area contributed by atoms with E-state index in [0.717, 1.165) is 44.9 Å². The molecule has 0 saturated heterocycles. The smallest absolute Gasteiger partial charge is 0.299 e. The number of hydrogen-bond donors (Lipinski definition) is 2. The fourth-order valence-electron chi connectivity index (χ4n) is 4.72. The molecule has 0 fully saturated rings. The molecule has 212 valence electrons. The Kier molecular flexibility index (Phi) is 12.7. The maximum Gasteiger partial charge on any atom is 0.299 e. The Labute approximate surface area is 232 Å². The monoisotopic (exact) mass is 536 g/mol. The second-order valence-electron chi connectivity index (χ2n) is 10.4. The van der Waals surface area contributed by atoms with Crippen LogP contribution < -0.4 is 11.4 Å². The van der Waals surface area contributed by atoms with Crippen molar-refractivity contribution in [2.24, 2.45) is 22.1 Å². The first kappa shape index (κ1) is 31.5. The number of nitrogen functional groups attached to an aromatic ring is 1. The fraction of sp³-hybridized carbons (Fsp3) is 0.567. The Bertz CT molecular complexity index is 1230. The first-order valence-corrected chi connectivity index (χ1v) is 14.1. The van der Waals surface area contributed by atoms with Gasteiger partial charge in [0.25, 0.3) is 11.5 Å². The standard InChI is InChI=1S/C30H44N6O3/c1-6-9-11-14-21(4)19-35(20-23(8-3)15-10-7-2)28(37)24-16-12-13-17-26(24)33-34-27-22(5)25(18-31)29(38)36(32)30(27)39/h12-13,16-17,21,23,38H,6-11,14-15,19-20,32H2,1-5H3. The number of nitrogens with zero attached hydrogens (tertiary/aromatic N) is 5. The Morgan fingerprint density at radius 1 is 1.10 bits per heavy atom. The van der Waals surface area contributed by atoms with Crippen LogP contribution in [-0.2, 0) is 0 Å². The van der Waals surface area contributed by atoms with Crippen molar-refractivity contribution < 1.29 is 9.90 Å². The third-order valence-corrected chi connectivity index (χ3v) is 7.25. The van der Waals surface area contributed by atoms with E-state index in [9.17, 15) is 20.0 Å². The van der Waals surface area contributed by atoms with E-state index in [0.29, 0.717) is 40.9 Å². The molecule has 9 nitrogen and oxygen atoms in total. The van der Waals surface area contributed by atoms with Gasteiger partial charge in [0.05, 0.1) is 11.3 Å². The summed E-state index contributed by atoms with van der Waals surface area (Å²) in [4.78, 5) is 28.6. The minimum atomic E-state index is -0.791. The Hall–Kier alpha value is -3.67. The van der Waals surface area contributed by atoms with Crippen molar-refractivity contribution in [3.05, 3.63) is 51.3 Å². The van der Waals surface area contributed by atoms with Gasteiger partial charge in [0.1, 0.15) is 11.6 Å². The first-order valence-electron chi connectivity index (χ1n) is 14.1. The van der Waals surface area contributed by atoms with Gasteiger partial charge < -0.3 is 15.8 Å². The molecule has 9 heteroatoms. The third-order valence-electron chi connectivity index (χ3n) is 7.25. The zero-order valence-corrected chi connectivity index (χ0v) is 24.1. The minimum Gasteiger partial charge on any atom is -0.492 e. The van der Waals surface area contributed by atoms with Crippen LogP contribution in [0, 0.1) is 30.1 Å². The van der Waals surface area contributed by atoms with Gasteiger partial charge in [-0.1, -0.05) is 78.4 Å². The van der Waals surface area contributed by atoms with Crippen molar-refractivity contribution in [1.29, 1.82) is 5.26 Å². The molecule has 2 aromatic rings. The molecular weight excluding hydrogens is 492 g/mol. The van der Waals surface area contributed by atoms with Gasteiger partial charge in [-0.25, -0.2) is 0 Å². The third kappa shape index (κ3) is 8.41. The van der Waals surface area contributed by atoms with Crippen LogP contribution in [0.1, 0.15) is 101 Å². The van der Waals surface area contributed by atoms with E-state index < -0.39 is 11.4 Å². The number of hydrogen-bond acceptors (Lipinski definition) is 7. The highest BCUT2D eigenvalue weighted by molar-refractivity contribution is 5.99. The number of unbranched alkanes of at least 4 members (excludes halogenated alkanes) is 3. The molecular formula is C30H44N6O3. The molecule has 0 spiro atoms. The van der Waals surface area contributed by atoms with Crippen LogP contribution in [0.15, 0.2) is 39.3 Å². The summed E-state index contributed by atoms with van der Waals surface area (Å²) in [6, 6.07) is 8.78. The largest absolute Gasteiger partial charge is 0.492 e. The van der Waals surface area contributed by atoms with Gasteiger partial charge in [0.15, 0.2) is 5.69 Å². The molecule has 0 aliphatic rings. The molecule has 2 unspecified atom stereocenters. The lowest BCUT2D eigenvalue weighted by Gasteiger charge is -2.30. The van der Waals surface area contributed by atoms with E-state index in [4.69, 9.17) is 5.84 Å².